The molecule has 4 aromatic rings. The van der Waals surface area contributed by atoms with Crippen LogP contribution in [-0.2, 0) is 17.9 Å². The van der Waals surface area contributed by atoms with Crippen molar-refractivity contribution in [3.05, 3.63) is 108 Å². The van der Waals surface area contributed by atoms with E-state index in [2.05, 4.69) is 20.5 Å². The van der Waals surface area contributed by atoms with Crippen molar-refractivity contribution in [2.45, 2.75) is 13.1 Å². The molecule has 9 heteroatoms. The molecule has 3 aromatic carbocycles. The molecule has 1 saturated heterocycles. The maximum absolute atomic E-state index is 13.1. The first-order valence-electron chi connectivity index (χ1n) is 10.5. The van der Waals surface area contributed by atoms with Gasteiger partial charge in [0.25, 0.3) is 11.1 Å². The van der Waals surface area contributed by atoms with Gasteiger partial charge in [-0.1, -0.05) is 75.0 Å². The lowest BCUT2D eigenvalue weighted by atomic mass is 10.1. The zero-order valence-electron chi connectivity index (χ0n) is 18.0. The van der Waals surface area contributed by atoms with Crippen molar-refractivity contribution < 1.29 is 9.59 Å². The van der Waals surface area contributed by atoms with Gasteiger partial charge in [-0.15, -0.1) is 0 Å². The number of carbonyl (C=O) groups is 2. The molecule has 1 aliphatic rings. The van der Waals surface area contributed by atoms with E-state index in [1.165, 1.54) is 4.90 Å². The summed E-state index contributed by atoms with van der Waals surface area (Å²) in [4.78, 5) is 27.4. The summed E-state index contributed by atoms with van der Waals surface area (Å²) < 4.78 is 3.01. The minimum absolute atomic E-state index is 0.124. The van der Waals surface area contributed by atoms with E-state index in [1.807, 2.05) is 48.7 Å². The topological polar surface area (TPSA) is 42.3 Å². The van der Waals surface area contributed by atoms with Gasteiger partial charge in [0, 0.05) is 38.7 Å². The molecule has 0 spiro atoms. The van der Waals surface area contributed by atoms with Crippen LogP contribution in [0.15, 0.2) is 76.2 Å². The summed E-state index contributed by atoms with van der Waals surface area (Å²) in [6, 6.07) is 18.8. The number of rotatable bonds is 5. The van der Waals surface area contributed by atoms with Crippen LogP contribution in [-0.4, -0.2) is 20.6 Å². The van der Waals surface area contributed by atoms with Crippen molar-refractivity contribution in [3.8, 4) is 0 Å². The molecule has 1 aromatic heterocycles. The van der Waals surface area contributed by atoms with Gasteiger partial charge in [0.05, 0.1) is 21.5 Å². The van der Waals surface area contributed by atoms with E-state index >= 15 is 0 Å². The Morgan fingerprint density at radius 1 is 0.886 bits per heavy atom. The number of halogens is 4. The van der Waals surface area contributed by atoms with Gasteiger partial charge in [0.15, 0.2) is 0 Å². The number of fused-ring (bicyclic) bond motifs is 1. The van der Waals surface area contributed by atoms with E-state index in [9.17, 15) is 9.59 Å². The van der Waals surface area contributed by atoms with Crippen LogP contribution in [0, 0.1) is 0 Å². The lowest BCUT2D eigenvalue weighted by Gasteiger charge is -2.12. The van der Waals surface area contributed by atoms with Gasteiger partial charge >= 0.3 is 0 Å². The smallest absolute Gasteiger partial charge is 0.293 e. The number of amides is 2. The van der Waals surface area contributed by atoms with Gasteiger partial charge in [-0.2, -0.15) is 0 Å². The van der Waals surface area contributed by atoms with Gasteiger partial charge in [-0.05, 0) is 65.4 Å². The lowest BCUT2D eigenvalue weighted by Crippen LogP contribution is -2.27. The van der Waals surface area contributed by atoms with Gasteiger partial charge in [0.2, 0.25) is 0 Å². The molecule has 4 nitrogen and oxygen atoms in total. The summed E-state index contributed by atoms with van der Waals surface area (Å²) in [5, 5.41) is 2.12. The normalized spacial score (nSPS) is 15.1. The van der Waals surface area contributed by atoms with Crippen LogP contribution in [0.3, 0.4) is 0 Å². The van der Waals surface area contributed by atoms with Crippen LogP contribution in [0.2, 0.25) is 15.1 Å². The second-order valence-corrected chi connectivity index (χ2v) is 11.1. The van der Waals surface area contributed by atoms with E-state index < -0.39 is 0 Å². The van der Waals surface area contributed by atoms with E-state index in [1.54, 1.807) is 24.3 Å². The van der Waals surface area contributed by atoms with Crippen LogP contribution in [0.25, 0.3) is 17.0 Å². The number of aromatic nitrogens is 1. The quantitative estimate of drug-likeness (QED) is 0.214. The minimum atomic E-state index is -0.340. The van der Waals surface area contributed by atoms with Gasteiger partial charge in [0.1, 0.15) is 0 Å². The van der Waals surface area contributed by atoms with E-state index in [-0.39, 0.29) is 17.7 Å². The third kappa shape index (κ3) is 5.04. The monoisotopic (exact) mass is 604 g/mol. The van der Waals surface area contributed by atoms with E-state index in [0.29, 0.717) is 26.5 Å². The Morgan fingerprint density at radius 2 is 1.69 bits per heavy atom. The molecule has 5 rings (SSSR count). The highest BCUT2D eigenvalue weighted by molar-refractivity contribution is 9.10. The predicted molar refractivity (Wildman–Crippen MR) is 148 cm³/mol. The van der Waals surface area contributed by atoms with Crippen LogP contribution < -0.4 is 0 Å². The zero-order valence-corrected chi connectivity index (χ0v) is 22.6. The average Bonchev–Trinajstić information content (AvgIpc) is 3.29. The van der Waals surface area contributed by atoms with Crippen molar-refractivity contribution in [2.24, 2.45) is 0 Å². The highest BCUT2D eigenvalue weighted by atomic mass is 79.9. The largest absolute Gasteiger partial charge is 0.342 e. The number of hydrogen-bond donors (Lipinski definition) is 0. The van der Waals surface area contributed by atoms with Crippen molar-refractivity contribution in [1.29, 1.82) is 0 Å². The predicted octanol–water partition coefficient (Wildman–Crippen LogP) is 8.65. The number of nitrogens with zero attached hydrogens (tertiary/aromatic N) is 2. The maximum atomic E-state index is 13.1. The molecule has 0 saturated carbocycles. The number of hydrogen-bond acceptors (Lipinski definition) is 3. The fourth-order valence-corrected chi connectivity index (χ4v) is 5.66. The van der Waals surface area contributed by atoms with Crippen LogP contribution in [0.1, 0.15) is 16.7 Å². The van der Waals surface area contributed by atoms with Crippen LogP contribution in [0.5, 0.6) is 0 Å². The Morgan fingerprint density at radius 3 is 2.46 bits per heavy atom. The molecule has 0 radical (unpaired) electrons. The summed E-state index contributed by atoms with van der Waals surface area (Å²) in [7, 11) is 0. The Kier molecular flexibility index (Phi) is 7.02. The molecule has 0 aliphatic carbocycles. The summed E-state index contributed by atoms with van der Waals surface area (Å²) in [6.45, 7) is 0.698. The molecule has 176 valence electrons. The Bertz CT molecular complexity index is 1530. The molecule has 2 heterocycles. The Hall–Kier alpha value is -2.22. The van der Waals surface area contributed by atoms with Crippen molar-refractivity contribution >= 4 is 90.6 Å². The fraction of sp³-hybridized carbons (Fsp3) is 0.0769. The first-order chi connectivity index (χ1) is 16.8. The molecular formula is C26H16BrCl3N2O2S. The molecule has 1 fully saturated rings. The SMILES string of the molecule is O=C1S/C(=C\c2cn(Cc3ccccc3Cl)c3ccc(Br)cc23)C(=O)N1Cc1ccc(Cl)c(Cl)c1. The van der Waals surface area contributed by atoms with Gasteiger partial charge in [-0.3, -0.25) is 14.5 Å². The highest BCUT2D eigenvalue weighted by Gasteiger charge is 2.35. The minimum Gasteiger partial charge on any atom is -0.342 e. The molecule has 0 N–H and O–H groups in total. The van der Waals surface area contributed by atoms with Crippen molar-refractivity contribution in [3.63, 3.8) is 0 Å². The molecule has 0 unspecified atom stereocenters. The average molecular weight is 607 g/mol. The molecule has 35 heavy (non-hydrogen) atoms. The molecule has 0 bridgehead atoms. The standard InChI is InChI=1S/C26H16BrCl3N2O2S/c27-18-6-8-23-19(11-18)17(14-31(23)13-16-3-1-2-4-20(16)28)10-24-25(33)32(26(34)35-24)12-15-5-7-21(29)22(30)9-15/h1-11,14H,12-13H2/b24-10-. The molecular weight excluding hydrogens is 591 g/mol. The second-order valence-electron chi connectivity index (χ2n) is 7.98. The van der Waals surface area contributed by atoms with Crippen molar-refractivity contribution in [2.75, 3.05) is 0 Å². The fourth-order valence-electron chi connectivity index (χ4n) is 3.95. The summed E-state index contributed by atoms with van der Waals surface area (Å²) >= 11 is 22.9. The summed E-state index contributed by atoms with van der Waals surface area (Å²) in [5.41, 5.74) is 3.55. The third-order valence-corrected chi connectivity index (χ3v) is 8.17. The number of thioether (sulfide) groups is 1. The maximum Gasteiger partial charge on any atom is 0.293 e. The number of benzene rings is 3. The van der Waals surface area contributed by atoms with Crippen LogP contribution in [0.4, 0.5) is 4.79 Å². The number of carbonyl (C=O) groups excluding carboxylic acids is 2. The summed E-state index contributed by atoms with van der Waals surface area (Å²) in [6.07, 6.45) is 3.75. The third-order valence-electron chi connectivity index (χ3n) is 5.66. The van der Waals surface area contributed by atoms with Crippen molar-refractivity contribution in [1.82, 2.24) is 9.47 Å². The van der Waals surface area contributed by atoms with Crippen LogP contribution >= 0.6 is 62.5 Å². The molecule has 2 amide bonds. The second kappa shape index (κ2) is 10.0. The Balaban J connectivity index is 1.49. The zero-order chi connectivity index (χ0) is 24.7. The molecule has 1 aliphatic heterocycles. The van der Waals surface area contributed by atoms with Gasteiger partial charge < -0.3 is 4.57 Å². The van der Waals surface area contributed by atoms with E-state index in [4.69, 9.17) is 34.8 Å². The highest BCUT2D eigenvalue weighted by Crippen LogP contribution is 2.36. The first kappa shape index (κ1) is 24.5. The summed E-state index contributed by atoms with van der Waals surface area (Å²) in [5.74, 6) is -0.340. The Labute approximate surface area is 229 Å². The number of imide groups is 1. The molecule has 0 atom stereocenters. The van der Waals surface area contributed by atoms with E-state index in [0.717, 1.165) is 43.8 Å². The van der Waals surface area contributed by atoms with Gasteiger partial charge in [-0.25, -0.2) is 0 Å². The first-order valence-corrected chi connectivity index (χ1v) is 13.3. The lowest BCUT2D eigenvalue weighted by molar-refractivity contribution is -0.123.